The Hall–Kier alpha value is -0.800. The van der Waals surface area contributed by atoms with E-state index in [0.717, 1.165) is 25.3 Å². The van der Waals surface area contributed by atoms with Crippen molar-refractivity contribution < 1.29 is 4.42 Å². The van der Waals surface area contributed by atoms with Gasteiger partial charge in [-0.2, -0.15) is 0 Å². The van der Waals surface area contributed by atoms with Crippen LogP contribution in [0.2, 0.25) is 0 Å². The lowest BCUT2D eigenvalue weighted by Gasteiger charge is -2.22. The molecule has 0 bridgehead atoms. The first-order chi connectivity index (χ1) is 9.15. The molecule has 0 saturated heterocycles. The fourth-order valence-corrected chi connectivity index (χ4v) is 2.52. The molecule has 2 unspecified atom stereocenters. The highest BCUT2D eigenvalue weighted by molar-refractivity contribution is 5.00. The lowest BCUT2D eigenvalue weighted by atomic mass is 10.1. The van der Waals surface area contributed by atoms with Crippen LogP contribution < -0.4 is 5.32 Å². The largest absolute Gasteiger partial charge is 0.469 e. The highest BCUT2D eigenvalue weighted by atomic mass is 16.3. The van der Waals surface area contributed by atoms with E-state index in [4.69, 9.17) is 4.42 Å². The maximum atomic E-state index is 5.38. The van der Waals surface area contributed by atoms with Gasteiger partial charge in [0.25, 0.3) is 0 Å². The fraction of sp³-hybridized carbons (Fsp3) is 0.750. The highest BCUT2D eigenvalue weighted by Gasteiger charge is 2.09. The molecular formula is C16H30N2O. The van der Waals surface area contributed by atoms with E-state index in [1.54, 1.807) is 6.26 Å². The zero-order chi connectivity index (χ0) is 14.1. The monoisotopic (exact) mass is 266 g/mol. The third kappa shape index (κ3) is 6.79. The molecule has 19 heavy (non-hydrogen) atoms. The predicted octanol–water partition coefficient (Wildman–Crippen LogP) is 3.31. The maximum Gasteiger partial charge on any atom is 0.105 e. The van der Waals surface area contributed by atoms with Gasteiger partial charge in [-0.15, -0.1) is 0 Å². The minimum Gasteiger partial charge on any atom is -0.469 e. The lowest BCUT2D eigenvalue weighted by Crippen LogP contribution is -2.36. The van der Waals surface area contributed by atoms with E-state index >= 15 is 0 Å². The number of hydrogen-bond acceptors (Lipinski definition) is 3. The molecule has 0 saturated carbocycles. The van der Waals surface area contributed by atoms with Crippen molar-refractivity contribution in [2.24, 2.45) is 0 Å². The van der Waals surface area contributed by atoms with E-state index in [1.807, 2.05) is 12.1 Å². The summed E-state index contributed by atoms with van der Waals surface area (Å²) < 4.78 is 5.38. The van der Waals surface area contributed by atoms with Crippen LogP contribution in [0.15, 0.2) is 22.8 Å². The smallest absolute Gasteiger partial charge is 0.105 e. The normalized spacial score (nSPS) is 14.8. The van der Waals surface area contributed by atoms with Gasteiger partial charge in [-0.1, -0.05) is 13.8 Å². The quantitative estimate of drug-likeness (QED) is 0.704. The van der Waals surface area contributed by atoms with Gasteiger partial charge in [0.2, 0.25) is 0 Å². The van der Waals surface area contributed by atoms with E-state index < -0.39 is 0 Å². The standard InChI is InChI=1S/C16H30N2O/c1-5-18(6-2)11-7-9-14(3)17-15(4)13-16-10-8-12-19-16/h8,10,12,14-15,17H,5-7,9,11,13H2,1-4H3. The zero-order valence-electron chi connectivity index (χ0n) is 13.0. The number of furan rings is 1. The molecule has 0 fully saturated rings. The van der Waals surface area contributed by atoms with Gasteiger partial charge in [-0.3, -0.25) is 0 Å². The van der Waals surface area contributed by atoms with E-state index in [2.05, 4.69) is 37.9 Å². The molecule has 110 valence electrons. The van der Waals surface area contributed by atoms with E-state index in [-0.39, 0.29) is 0 Å². The zero-order valence-corrected chi connectivity index (χ0v) is 13.0. The Balaban J connectivity index is 2.14. The van der Waals surface area contributed by atoms with Gasteiger partial charge in [0.15, 0.2) is 0 Å². The van der Waals surface area contributed by atoms with Crippen molar-refractivity contribution >= 4 is 0 Å². The minimum atomic E-state index is 0.467. The topological polar surface area (TPSA) is 28.4 Å². The third-order valence-corrected chi connectivity index (χ3v) is 3.66. The summed E-state index contributed by atoms with van der Waals surface area (Å²) in [6.45, 7) is 12.5. The van der Waals surface area contributed by atoms with Gasteiger partial charge < -0.3 is 14.6 Å². The molecular weight excluding hydrogens is 236 g/mol. The number of nitrogens with one attached hydrogen (secondary N) is 1. The van der Waals surface area contributed by atoms with E-state index in [0.29, 0.717) is 12.1 Å². The molecule has 1 aromatic heterocycles. The Morgan fingerprint density at radius 3 is 2.53 bits per heavy atom. The van der Waals surface area contributed by atoms with Crippen LogP contribution in [0.3, 0.4) is 0 Å². The average Bonchev–Trinajstić information content (AvgIpc) is 2.87. The third-order valence-electron chi connectivity index (χ3n) is 3.66. The Labute approximate surface area is 118 Å². The van der Waals surface area contributed by atoms with Gasteiger partial charge in [-0.05, 0) is 58.5 Å². The summed E-state index contributed by atoms with van der Waals surface area (Å²) in [7, 11) is 0. The van der Waals surface area contributed by atoms with Crippen molar-refractivity contribution in [3.05, 3.63) is 24.2 Å². The molecule has 0 spiro atoms. The van der Waals surface area contributed by atoms with E-state index in [1.165, 1.54) is 19.4 Å². The predicted molar refractivity (Wildman–Crippen MR) is 81.5 cm³/mol. The Morgan fingerprint density at radius 2 is 1.95 bits per heavy atom. The van der Waals surface area contributed by atoms with Crippen LogP contribution in [-0.4, -0.2) is 36.6 Å². The Bertz CT molecular complexity index is 307. The summed E-state index contributed by atoms with van der Waals surface area (Å²) in [6, 6.07) is 5.04. The summed E-state index contributed by atoms with van der Waals surface area (Å²) in [5.74, 6) is 1.07. The minimum absolute atomic E-state index is 0.467. The van der Waals surface area contributed by atoms with Crippen LogP contribution in [0.5, 0.6) is 0 Å². The highest BCUT2D eigenvalue weighted by Crippen LogP contribution is 2.06. The summed E-state index contributed by atoms with van der Waals surface area (Å²) in [5, 5.41) is 3.65. The second-order valence-corrected chi connectivity index (χ2v) is 5.42. The summed E-state index contributed by atoms with van der Waals surface area (Å²) in [6.07, 6.45) is 5.21. The summed E-state index contributed by atoms with van der Waals surface area (Å²) >= 11 is 0. The van der Waals surface area contributed by atoms with Crippen LogP contribution in [0.1, 0.15) is 46.3 Å². The average molecular weight is 266 g/mol. The molecule has 0 aromatic carbocycles. The van der Waals surface area contributed by atoms with Crippen molar-refractivity contribution in [3.8, 4) is 0 Å². The van der Waals surface area contributed by atoms with Crippen LogP contribution >= 0.6 is 0 Å². The maximum absolute atomic E-state index is 5.38. The van der Waals surface area contributed by atoms with Crippen LogP contribution in [0.25, 0.3) is 0 Å². The van der Waals surface area contributed by atoms with Crippen molar-refractivity contribution in [1.82, 2.24) is 10.2 Å². The van der Waals surface area contributed by atoms with Gasteiger partial charge in [0, 0.05) is 18.5 Å². The van der Waals surface area contributed by atoms with Crippen molar-refractivity contribution in [2.45, 2.75) is 59.0 Å². The molecule has 0 aliphatic rings. The second-order valence-electron chi connectivity index (χ2n) is 5.42. The summed E-state index contributed by atoms with van der Waals surface area (Å²) in [5.41, 5.74) is 0. The van der Waals surface area contributed by atoms with Crippen molar-refractivity contribution in [1.29, 1.82) is 0 Å². The first kappa shape index (κ1) is 16.3. The second kappa shape index (κ2) is 9.16. The first-order valence-electron chi connectivity index (χ1n) is 7.66. The van der Waals surface area contributed by atoms with Crippen LogP contribution in [0, 0.1) is 0 Å². The van der Waals surface area contributed by atoms with Gasteiger partial charge >= 0.3 is 0 Å². The molecule has 1 heterocycles. The fourth-order valence-electron chi connectivity index (χ4n) is 2.52. The Morgan fingerprint density at radius 1 is 1.21 bits per heavy atom. The number of nitrogens with zero attached hydrogens (tertiary/aromatic N) is 1. The molecule has 3 heteroatoms. The van der Waals surface area contributed by atoms with Crippen molar-refractivity contribution in [3.63, 3.8) is 0 Å². The van der Waals surface area contributed by atoms with Crippen LogP contribution in [0.4, 0.5) is 0 Å². The van der Waals surface area contributed by atoms with E-state index in [9.17, 15) is 0 Å². The van der Waals surface area contributed by atoms with Crippen molar-refractivity contribution in [2.75, 3.05) is 19.6 Å². The first-order valence-corrected chi connectivity index (χ1v) is 7.66. The molecule has 1 rings (SSSR count). The number of hydrogen-bond donors (Lipinski definition) is 1. The number of rotatable bonds is 10. The molecule has 1 N–H and O–H groups in total. The lowest BCUT2D eigenvalue weighted by molar-refractivity contribution is 0.288. The molecule has 1 aromatic rings. The Kier molecular flexibility index (Phi) is 7.84. The molecule has 2 atom stereocenters. The summed E-state index contributed by atoms with van der Waals surface area (Å²) in [4.78, 5) is 2.49. The van der Waals surface area contributed by atoms with Gasteiger partial charge in [0.1, 0.15) is 5.76 Å². The van der Waals surface area contributed by atoms with Crippen LogP contribution in [-0.2, 0) is 6.42 Å². The SMILES string of the molecule is CCN(CC)CCCC(C)NC(C)Cc1ccco1. The molecule has 3 nitrogen and oxygen atoms in total. The molecule has 0 aliphatic heterocycles. The van der Waals surface area contributed by atoms with Gasteiger partial charge in [0.05, 0.1) is 6.26 Å². The molecule has 0 amide bonds. The molecule has 0 aliphatic carbocycles. The van der Waals surface area contributed by atoms with Gasteiger partial charge in [-0.25, -0.2) is 0 Å². The molecule has 0 radical (unpaired) electrons.